The van der Waals surface area contributed by atoms with E-state index in [4.69, 9.17) is 4.74 Å². The first-order valence-corrected chi connectivity index (χ1v) is 11.6. The van der Waals surface area contributed by atoms with Gasteiger partial charge in [-0.15, -0.1) is 0 Å². The van der Waals surface area contributed by atoms with E-state index in [1.165, 1.54) is 0 Å². The number of carbonyl (C=O) groups excluding carboxylic acids is 2. The van der Waals surface area contributed by atoms with Crippen LogP contribution in [0.15, 0.2) is 42.7 Å². The van der Waals surface area contributed by atoms with E-state index in [9.17, 15) is 14.7 Å². The van der Waals surface area contributed by atoms with Gasteiger partial charge in [-0.1, -0.05) is 6.92 Å². The number of aromatic nitrogens is 2. The Morgan fingerprint density at radius 2 is 2.00 bits per heavy atom. The first-order valence-electron chi connectivity index (χ1n) is 11.6. The van der Waals surface area contributed by atoms with Gasteiger partial charge >= 0.3 is 6.03 Å². The number of rotatable bonds is 5. The fourth-order valence-electron chi connectivity index (χ4n) is 5.31. The third-order valence-electron chi connectivity index (χ3n) is 6.91. The van der Waals surface area contributed by atoms with Crippen LogP contribution in [0.25, 0.3) is 10.9 Å². The molecule has 0 saturated carbocycles. The third kappa shape index (κ3) is 3.47. The van der Waals surface area contributed by atoms with Gasteiger partial charge in [-0.25, -0.2) is 4.79 Å². The molecule has 1 fully saturated rings. The molecule has 1 aromatic carbocycles. The van der Waals surface area contributed by atoms with Crippen molar-refractivity contribution in [1.29, 1.82) is 0 Å². The molecule has 34 heavy (non-hydrogen) atoms. The highest BCUT2D eigenvalue weighted by Gasteiger charge is 2.55. The second-order valence-electron chi connectivity index (χ2n) is 9.06. The lowest BCUT2D eigenvalue weighted by Gasteiger charge is -2.55. The topological polar surface area (TPSA) is 111 Å². The Morgan fingerprint density at radius 1 is 1.24 bits per heavy atom. The number of aliphatic hydroxyl groups is 1. The van der Waals surface area contributed by atoms with Crippen LogP contribution in [0.2, 0.25) is 0 Å². The summed E-state index contributed by atoms with van der Waals surface area (Å²) in [4.78, 5) is 37.2. The summed E-state index contributed by atoms with van der Waals surface area (Å²) in [7, 11) is 1.62. The maximum Gasteiger partial charge on any atom is 0.317 e. The van der Waals surface area contributed by atoms with E-state index in [1.807, 2.05) is 25.1 Å². The lowest BCUT2D eigenvalue weighted by atomic mass is 9.68. The van der Waals surface area contributed by atoms with Crippen molar-refractivity contribution in [2.24, 2.45) is 0 Å². The van der Waals surface area contributed by atoms with Crippen molar-refractivity contribution >= 4 is 22.8 Å². The maximum absolute atomic E-state index is 13.5. The third-order valence-corrected chi connectivity index (χ3v) is 6.91. The molecule has 178 valence electrons. The van der Waals surface area contributed by atoms with Crippen molar-refractivity contribution in [3.8, 4) is 5.75 Å². The average molecular weight is 464 g/mol. The summed E-state index contributed by atoms with van der Waals surface area (Å²) in [5.41, 5.74) is 2.85. The Kier molecular flexibility index (Phi) is 5.65. The number of urea groups is 1. The summed E-state index contributed by atoms with van der Waals surface area (Å²) in [5.74, 6) is 0.552. The number of amides is 3. The van der Waals surface area contributed by atoms with E-state index in [0.717, 1.165) is 34.3 Å². The maximum atomic E-state index is 13.5. The molecule has 0 unspecified atom stereocenters. The number of H-pyrrole nitrogens is 1. The minimum Gasteiger partial charge on any atom is -0.497 e. The predicted molar refractivity (Wildman–Crippen MR) is 127 cm³/mol. The fourth-order valence-corrected chi connectivity index (χ4v) is 5.31. The Hall–Kier alpha value is -3.59. The molecule has 5 rings (SSSR count). The van der Waals surface area contributed by atoms with Crippen LogP contribution in [0.5, 0.6) is 5.75 Å². The molecule has 2 aliphatic rings. The number of aromatic amines is 1. The lowest BCUT2D eigenvalue weighted by Crippen LogP contribution is -2.69. The van der Waals surface area contributed by atoms with Crippen molar-refractivity contribution in [2.75, 3.05) is 39.9 Å². The van der Waals surface area contributed by atoms with Crippen LogP contribution in [0, 0.1) is 0 Å². The van der Waals surface area contributed by atoms with Crippen LogP contribution in [-0.4, -0.2) is 76.7 Å². The molecule has 3 N–H and O–H groups in total. The molecule has 1 saturated heterocycles. The van der Waals surface area contributed by atoms with Crippen LogP contribution < -0.4 is 10.1 Å². The van der Waals surface area contributed by atoms with E-state index in [0.29, 0.717) is 31.7 Å². The van der Waals surface area contributed by atoms with Crippen LogP contribution in [-0.2, 0) is 5.41 Å². The number of likely N-dealkylation sites (tertiary alicyclic amines) is 1. The number of nitrogens with zero attached hydrogens (tertiary/aromatic N) is 3. The summed E-state index contributed by atoms with van der Waals surface area (Å²) < 4.78 is 5.40. The van der Waals surface area contributed by atoms with Gasteiger partial charge < -0.3 is 29.9 Å². The number of pyridine rings is 1. The molecule has 0 radical (unpaired) electrons. The molecule has 9 heteroatoms. The van der Waals surface area contributed by atoms with Gasteiger partial charge in [0.05, 0.1) is 25.2 Å². The summed E-state index contributed by atoms with van der Waals surface area (Å²) in [6.07, 6.45) is 4.04. The van der Waals surface area contributed by atoms with Gasteiger partial charge in [-0.3, -0.25) is 9.78 Å². The number of methoxy groups -OCH3 is 1. The zero-order valence-electron chi connectivity index (χ0n) is 19.4. The number of nitrogens with one attached hydrogen (secondary N) is 2. The number of hydrogen-bond acceptors (Lipinski definition) is 5. The normalized spacial score (nSPS) is 18.5. The van der Waals surface area contributed by atoms with E-state index >= 15 is 0 Å². The zero-order chi connectivity index (χ0) is 23.9. The Labute approximate surface area is 197 Å². The number of fused-ring (bicyclic) bond motifs is 4. The van der Waals surface area contributed by atoms with Crippen molar-refractivity contribution in [3.63, 3.8) is 0 Å². The second-order valence-corrected chi connectivity index (χ2v) is 9.06. The summed E-state index contributed by atoms with van der Waals surface area (Å²) >= 11 is 0. The zero-order valence-corrected chi connectivity index (χ0v) is 19.4. The van der Waals surface area contributed by atoms with Crippen molar-refractivity contribution < 1.29 is 19.4 Å². The van der Waals surface area contributed by atoms with Crippen LogP contribution in [0.1, 0.15) is 41.0 Å². The molecule has 3 aromatic rings. The van der Waals surface area contributed by atoms with E-state index in [2.05, 4.69) is 15.3 Å². The minimum atomic E-state index is -0.525. The smallest absolute Gasteiger partial charge is 0.317 e. The number of benzene rings is 1. The van der Waals surface area contributed by atoms with Crippen molar-refractivity contribution in [2.45, 2.75) is 24.8 Å². The molecule has 1 atom stereocenters. The number of ether oxygens (including phenoxy) is 1. The largest absolute Gasteiger partial charge is 0.497 e. The van der Waals surface area contributed by atoms with Crippen LogP contribution >= 0.6 is 0 Å². The van der Waals surface area contributed by atoms with Crippen molar-refractivity contribution in [1.82, 2.24) is 25.1 Å². The highest BCUT2D eigenvalue weighted by atomic mass is 16.5. The second kappa shape index (κ2) is 8.64. The van der Waals surface area contributed by atoms with E-state index in [-0.39, 0.29) is 18.5 Å². The van der Waals surface area contributed by atoms with Crippen molar-refractivity contribution in [3.05, 3.63) is 59.5 Å². The van der Waals surface area contributed by atoms with E-state index < -0.39 is 11.5 Å². The monoisotopic (exact) mass is 463 g/mol. The molecular formula is C25H29N5O4. The van der Waals surface area contributed by atoms with Gasteiger partial charge in [0.1, 0.15) is 5.75 Å². The molecule has 1 spiro atoms. The number of hydrogen-bond donors (Lipinski definition) is 3. The van der Waals surface area contributed by atoms with Gasteiger partial charge in [0.15, 0.2) is 0 Å². The molecular weight excluding hydrogens is 434 g/mol. The standard InChI is InChI=1S/C25H29N5O4/c1-3-8-27-24(33)29-13-25(14-29)15-30(23(32)16-6-9-26-10-7-16)20(12-31)22-21(25)18-5-4-17(34-2)11-19(18)28-22/h4-7,9-11,20,28,31H,3,8,12-15H2,1-2H3,(H,27,33)/t20-/m1/s1. The molecule has 0 bridgehead atoms. The fraction of sp³-hybridized carbons (Fsp3) is 0.400. The first-order chi connectivity index (χ1) is 16.5. The van der Waals surface area contributed by atoms with Crippen LogP contribution in [0.4, 0.5) is 4.79 Å². The predicted octanol–water partition coefficient (Wildman–Crippen LogP) is 2.43. The molecule has 2 aliphatic heterocycles. The van der Waals surface area contributed by atoms with Gasteiger partial charge in [-0.05, 0) is 36.2 Å². The summed E-state index contributed by atoms with van der Waals surface area (Å²) in [5, 5.41) is 14.4. The molecule has 0 aliphatic carbocycles. The average Bonchev–Trinajstić information content (AvgIpc) is 3.24. The van der Waals surface area contributed by atoms with E-state index in [1.54, 1.807) is 41.4 Å². The quantitative estimate of drug-likeness (QED) is 0.538. The highest BCUT2D eigenvalue weighted by Crippen LogP contribution is 2.48. The molecule has 2 aromatic heterocycles. The van der Waals surface area contributed by atoms with Gasteiger partial charge in [0, 0.05) is 66.8 Å². The van der Waals surface area contributed by atoms with Crippen LogP contribution in [0.3, 0.4) is 0 Å². The Bertz CT molecular complexity index is 1220. The molecule has 3 amide bonds. The molecule has 9 nitrogen and oxygen atoms in total. The summed E-state index contributed by atoms with van der Waals surface area (Å²) in [6, 6.07) is 8.60. The first kappa shape index (κ1) is 22.2. The van der Waals surface area contributed by atoms with Gasteiger partial charge in [-0.2, -0.15) is 0 Å². The Morgan fingerprint density at radius 3 is 2.68 bits per heavy atom. The Balaban J connectivity index is 1.58. The van der Waals surface area contributed by atoms with Gasteiger partial charge in [0.2, 0.25) is 0 Å². The lowest BCUT2D eigenvalue weighted by molar-refractivity contribution is 0.0140. The SMILES string of the molecule is CCCNC(=O)N1CC2(C1)CN(C(=O)c1ccncc1)[C@H](CO)c1[nH]c3cc(OC)ccc3c12. The summed E-state index contributed by atoms with van der Waals surface area (Å²) in [6.45, 7) is 3.82. The highest BCUT2D eigenvalue weighted by molar-refractivity contribution is 5.96. The minimum absolute atomic E-state index is 0.0909. The van der Waals surface area contributed by atoms with Gasteiger partial charge in [0.25, 0.3) is 5.91 Å². The number of aliphatic hydroxyl groups excluding tert-OH is 1. The molecule has 4 heterocycles. The number of carbonyl (C=O) groups is 2.